The van der Waals surface area contributed by atoms with E-state index in [4.69, 9.17) is 9.47 Å². The number of nitrogens with zero attached hydrogens (tertiary/aromatic N) is 2. The molecule has 1 amide bonds. The van der Waals surface area contributed by atoms with Gasteiger partial charge in [-0.05, 0) is 25.1 Å². The number of aromatic nitrogens is 1. The minimum absolute atomic E-state index is 0.114. The zero-order chi connectivity index (χ0) is 18.6. The Balaban J connectivity index is 2.10. The number of amides is 1. The monoisotopic (exact) mass is 347 g/mol. The number of hydrogen-bond donors (Lipinski definition) is 1. The predicted molar refractivity (Wildman–Crippen MR) is 88.6 cm³/mol. The molecule has 0 aliphatic heterocycles. The molecule has 0 spiro atoms. The Labute approximate surface area is 143 Å². The number of aryl methyl sites for hydroxylation is 1. The highest BCUT2D eigenvalue weighted by Gasteiger charge is 2.22. The molecule has 1 atom stereocenters. The summed E-state index contributed by atoms with van der Waals surface area (Å²) >= 11 is 0. The fourth-order valence-electron chi connectivity index (χ4n) is 2.09. The first kappa shape index (κ1) is 18.0. The van der Waals surface area contributed by atoms with E-state index in [1.54, 1.807) is 29.9 Å². The molecule has 9 heteroatoms. The smallest absolute Gasteiger partial charge is 0.355 e. The van der Waals surface area contributed by atoms with Gasteiger partial charge in [-0.1, -0.05) is 0 Å². The molecule has 1 heterocycles. The fraction of sp³-hybridized carbons (Fsp3) is 0.250. The first-order chi connectivity index (χ1) is 11.8. The molecule has 2 aromatic rings. The summed E-state index contributed by atoms with van der Waals surface area (Å²) in [5.41, 5.74) is 0.209. The first-order valence-electron chi connectivity index (χ1n) is 7.29. The molecule has 132 valence electrons. The molecule has 1 aromatic carbocycles. The van der Waals surface area contributed by atoms with Crippen LogP contribution in [0.4, 0.5) is 11.4 Å². The maximum Gasteiger partial charge on any atom is 0.355 e. The topological polar surface area (TPSA) is 113 Å². The third-order valence-corrected chi connectivity index (χ3v) is 3.46. The van der Waals surface area contributed by atoms with Crippen LogP contribution in [0.15, 0.2) is 36.5 Å². The molecule has 0 unspecified atom stereocenters. The van der Waals surface area contributed by atoms with Crippen LogP contribution < -0.4 is 10.1 Å². The average Bonchev–Trinajstić information content (AvgIpc) is 3.00. The predicted octanol–water partition coefficient (Wildman–Crippen LogP) is 2.13. The molecule has 0 saturated carbocycles. The number of rotatable bonds is 6. The standard InChI is InChI=1S/C16H17N3O6/c1-10(25-16(21)13-5-4-8-18(13)2)15(20)17-12-9-11(19(22)23)6-7-14(12)24-3/h4-10H,1-3H3,(H,17,20)/t10-/m0/s1. The number of carbonyl (C=O) groups excluding carboxylic acids is 2. The van der Waals surface area contributed by atoms with E-state index in [0.29, 0.717) is 5.69 Å². The summed E-state index contributed by atoms with van der Waals surface area (Å²) in [6, 6.07) is 7.04. The second kappa shape index (κ2) is 7.47. The van der Waals surface area contributed by atoms with Crippen LogP contribution in [0.5, 0.6) is 5.75 Å². The number of nitrogens with one attached hydrogen (secondary N) is 1. The molecule has 0 saturated heterocycles. The number of methoxy groups -OCH3 is 1. The number of nitro groups is 1. The summed E-state index contributed by atoms with van der Waals surface area (Å²) in [4.78, 5) is 34.5. The lowest BCUT2D eigenvalue weighted by atomic mass is 10.2. The van der Waals surface area contributed by atoms with Gasteiger partial charge in [0.25, 0.3) is 11.6 Å². The summed E-state index contributed by atoms with van der Waals surface area (Å²) in [5.74, 6) is -1.04. The third kappa shape index (κ3) is 4.14. The van der Waals surface area contributed by atoms with E-state index in [1.165, 1.54) is 32.2 Å². The minimum atomic E-state index is -1.11. The van der Waals surface area contributed by atoms with Crippen molar-refractivity contribution in [1.29, 1.82) is 0 Å². The Kier molecular flexibility index (Phi) is 5.38. The second-order valence-electron chi connectivity index (χ2n) is 5.18. The number of ether oxygens (including phenoxy) is 2. The van der Waals surface area contributed by atoms with E-state index in [1.807, 2.05) is 0 Å². The number of carbonyl (C=O) groups is 2. The zero-order valence-corrected chi connectivity index (χ0v) is 13.9. The van der Waals surface area contributed by atoms with Crippen molar-refractivity contribution < 1.29 is 24.0 Å². The number of esters is 1. The molecular weight excluding hydrogens is 330 g/mol. The van der Waals surface area contributed by atoms with Crippen molar-refractivity contribution in [2.75, 3.05) is 12.4 Å². The van der Waals surface area contributed by atoms with Crippen molar-refractivity contribution >= 4 is 23.3 Å². The molecule has 0 bridgehead atoms. The second-order valence-corrected chi connectivity index (χ2v) is 5.18. The van der Waals surface area contributed by atoms with Crippen LogP contribution in [0.2, 0.25) is 0 Å². The van der Waals surface area contributed by atoms with E-state index in [2.05, 4.69) is 5.32 Å². The molecule has 9 nitrogen and oxygen atoms in total. The van der Waals surface area contributed by atoms with Gasteiger partial charge in [0.15, 0.2) is 6.10 Å². The quantitative estimate of drug-likeness (QED) is 0.486. The molecule has 25 heavy (non-hydrogen) atoms. The van der Waals surface area contributed by atoms with E-state index in [0.717, 1.165) is 0 Å². The normalized spacial score (nSPS) is 11.5. The maximum atomic E-state index is 12.2. The molecule has 0 fully saturated rings. The van der Waals surface area contributed by atoms with Gasteiger partial charge in [-0.15, -0.1) is 0 Å². The van der Waals surface area contributed by atoms with Gasteiger partial charge < -0.3 is 19.4 Å². The molecular formula is C16H17N3O6. The van der Waals surface area contributed by atoms with Crippen molar-refractivity contribution in [3.63, 3.8) is 0 Å². The lowest BCUT2D eigenvalue weighted by molar-refractivity contribution is -0.384. The van der Waals surface area contributed by atoms with Gasteiger partial charge in [-0.2, -0.15) is 0 Å². The lowest BCUT2D eigenvalue weighted by Gasteiger charge is -2.15. The summed E-state index contributed by atoms with van der Waals surface area (Å²) in [5, 5.41) is 13.3. The van der Waals surface area contributed by atoms with Gasteiger partial charge in [0, 0.05) is 25.4 Å². The van der Waals surface area contributed by atoms with E-state index in [9.17, 15) is 19.7 Å². The minimum Gasteiger partial charge on any atom is -0.495 e. The van der Waals surface area contributed by atoms with Gasteiger partial charge in [0.2, 0.25) is 0 Å². The van der Waals surface area contributed by atoms with Crippen LogP contribution in [0.25, 0.3) is 0 Å². The lowest BCUT2D eigenvalue weighted by Crippen LogP contribution is -2.30. The van der Waals surface area contributed by atoms with Crippen molar-refractivity contribution in [3.05, 3.63) is 52.3 Å². The van der Waals surface area contributed by atoms with Gasteiger partial charge >= 0.3 is 5.97 Å². The van der Waals surface area contributed by atoms with Gasteiger partial charge in [0.05, 0.1) is 17.7 Å². The molecule has 2 rings (SSSR count). The average molecular weight is 347 g/mol. The Hall–Kier alpha value is -3.36. The Morgan fingerprint density at radius 3 is 2.60 bits per heavy atom. The molecule has 1 aromatic heterocycles. The number of benzene rings is 1. The van der Waals surface area contributed by atoms with Crippen LogP contribution in [0.1, 0.15) is 17.4 Å². The molecule has 0 aliphatic carbocycles. The van der Waals surface area contributed by atoms with Crippen LogP contribution in [0, 0.1) is 10.1 Å². The summed E-state index contributed by atoms with van der Waals surface area (Å²) in [6.45, 7) is 1.40. The molecule has 0 aliphatic rings. The van der Waals surface area contributed by atoms with E-state index >= 15 is 0 Å². The fourth-order valence-corrected chi connectivity index (χ4v) is 2.09. The highest BCUT2D eigenvalue weighted by atomic mass is 16.6. The Morgan fingerprint density at radius 1 is 1.32 bits per heavy atom. The highest BCUT2D eigenvalue weighted by Crippen LogP contribution is 2.29. The van der Waals surface area contributed by atoms with Gasteiger partial charge in [-0.25, -0.2) is 4.79 Å². The SMILES string of the molecule is COc1ccc([N+](=O)[O-])cc1NC(=O)[C@H](C)OC(=O)c1cccn1C. The van der Waals surface area contributed by atoms with Crippen molar-refractivity contribution in [2.45, 2.75) is 13.0 Å². The largest absolute Gasteiger partial charge is 0.495 e. The maximum absolute atomic E-state index is 12.2. The van der Waals surface area contributed by atoms with Gasteiger partial charge in [0.1, 0.15) is 11.4 Å². The van der Waals surface area contributed by atoms with Crippen molar-refractivity contribution in [1.82, 2.24) is 4.57 Å². The molecule has 0 radical (unpaired) electrons. The third-order valence-electron chi connectivity index (χ3n) is 3.46. The van der Waals surface area contributed by atoms with Gasteiger partial charge in [-0.3, -0.25) is 14.9 Å². The van der Waals surface area contributed by atoms with Crippen molar-refractivity contribution in [2.24, 2.45) is 7.05 Å². The first-order valence-corrected chi connectivity index (χ1v) is 7.29. The Bertz CT molecular complexity index is 814. The molecule has 1 N–H and O–H groups in total. The summed E-state index contributed by atoms with van der Waals surface area (Å²) in [7, 11) is 3.05. The number of non-ortho nitro benzene ring substituents is 1. The number of hydrogen-bond acceptors (Lipinski definition) is 6. The van der Waals surface area contributed by atoms with Crippen LogP contribution in [0.3, 0.4) is 0 Å². The zero-order valence-electron chi connectivity index (χ0n) is 13.9. The van der Waals surface area contributed by atoms with E-state index < -0.39 is 22.9 Å². The van der Waals surface area contributed by atoms with Crippen LogP contribution in [-0.4, -0.2) is 34.6 Å². The van der Waals surface area contributed by atoms with E-state index in [-0.39, 0.29) is 17.1 Å². The summed E-state index contributed by atoms with van der Waals surface area (Å²) in [6.07, 6.45) is 0.571. The number of anilines is 1. The highest BCUT2D eigenvalue weighted by molar-refractivity contribution is 5.98. The van der Waals surface area contributed by atoms with Crippen LogP contribution in [-0.2, 0) is 16.6 Å². The van der Waals surface area contributed by atoms with Crippen LogP contribution >= 0.6 is 0 Å². The number of nitro benzene ring substituents is 1. The van der Waals surface area contributed by atoms with Crippen molar-refractivity contribution in [3.8, 4) is 5.75 Å². The Morgan fingerprint density at radius 2 is 2.04 bits per heavy atom. The summed E-state index contributed by atoms with van der Waals surface area (Å²) < 4.78 is 11.7.